The molecule has 1 rings (SSSR count). The number of hydrogen-bond donors (Lipinski definition) is 0. The molecule has 0 bridgehead atoms. The van der Waals surface area contributed by atoms with Gasteiger partial charge >= 0.3 is 0 Å². The summed E-state index contributed by atoms with van der Waals surface area (Å²) in [6.07, 6.45) is 4.45. The zero-order chi connectivity index (χ0) is 12.3. The lowest BCUT2D eigenvalue weighted by Crippen LogP contribution is -2.42. The number of nitriles is 1. The molecule has 16 heavy (non-hydrogen) atoms. The van der Waals surface area contributed by atoms with Crippen LogP contribution >= 0.6 is 0 Å². The van der Waals surface area contributed by atoms with Gasteiger partial charge in [-0.2, -0.15) is 5.26 Å². The molecule has 0 aromatic carbocycles. The van der Waals surface area contributed by atoms with Crippen molar-refractivity contribution in [2.75, 3.05) is 7.05 Å². The smallest absolute Gasteiger partial charge is 0.239 e. The molecule has 1 fully saturated rings. The second-order valence-electron chi connectivity index (χ2n) is 5.70. The van der Waals surface area contributed by atoms with Crippen LogP contribution in [-0.2, 0) is 4.79 Å². The Bertz CT molecular complexity index is 294. The number of rotatable bonds is 2. The zero-order valence-electron chi connectivity index (χ0n) is 10.8. The summed E-state index contributed by atoms with van der Waals surface area (Å²) in [7, 11) is 1.83. The van der Waals surface area contributed by atoms with Crippen LogP contribution in [0.3, 0.4) is 0 Å². The van der Waals surface area contributed by atoms with E-state index in [9.17, 15) is 4.79 Å². The third kappa shape index (κ3) is 2.98. The first-order valence-corrected chi connectivity index (χ1v) is 6.04. The topological polar surface area (TPSA) is 44.1 Å². The zero-order valence-corrected chi connectivity index (χ0v) is 10.8. The number of carbonyl (C=O) groups excluding carboxylic acids is 1. The maximum atomic E-state index is 11.8. The third-order valence-electron chi connectivity index (χ3n) is 3.77. The molecule has 0 aromatic rings. The van der Waals surface area contributed by atoms with Gasteiger partial charge in [0, 0.05) is 13.1 Å². The van der Waals surface area contributed by atoms with Crippen molar-refractivity contribution in [1.29, 1.82) is 5.26 Å². The minimum Gasteiger partial charge on any atom is -0.342 e. The van der Waals surface area contributed by atoms with Crippen molar-refractivity contribution >= 4 is 5.91 Å². The van der Waals surface area contributed by atoms with Crippen molar-refractivity contribution in [3.05, 3.63) is 0 Å². The predicted octanol–water partition coefficient (Wildman–Crippen LogP) is 2.57. The number of nitrogens with zero attached hydrogens (tertiary/aromatic N) is 2. The van der Waals surface area contributed by atoms with Gasteiger partial charge < -0.3 is 4.90 Å². The van der Waals surface area contributed by atoms with Crippen LogP contribution in [0.4, 0.5) is 0 Å². The summed E-state index contributed by atoms with van der Waals surface area (Å²) in [5.74, 6) is -0.549. The summed E-state index contributed by atoms with van der Waals surface area (Å²) in [5.41, 5.74) is 0.418. The van der Waals surface area contributed by atoms with E-state index in [-0.39, 0.29) is 5.91 Å². The Morgan fingerprint density at radius 3 is 2.38 bits per heavy atom. The lowest BCUT2D eigenvalue weighted by atomic mass is 9.75. The summed E-state index contributed by atoms with van der Waals surface area (Å²) in [5, 5.41) is 8.74. The molecule has 0 heterocycles. The first-order chi connectivity index (χ1) is 7.37. The molecule has 0 N–H and O–H groups in total. The van der Waals surface area contributed by atoms with Gasteiger partial charge in [-0.25, -0.2) is 0 Å². The molecule has 1 unspecified atom stereocenters. The van der Waals surface area contributed by atoms with Gasteiger partial charge in [-0.1, -0.05) is 13.8 Å². The first-order valence-electron chi connectivity index (χ1n) is 6.04. The van der Waals surface area contributed by atoms with Crippen LogP contribution in [0.25, 0.3) is 0 Å². The quantitative estimate of drug-likeness (QED) is 0.720. The van der Waals surface area contributed by atoms with Crippen LogP contribution in [0, 0.1) is 22.7 Å². The molecular formula is C13H22N2O. The molecule has 3 nitrogen and oxygen atoms in total. The molecule has 0 aliphatic heterocycles. The molecule has 90 valence electrons. The van der Waals surface area contributed by atoms with Crippen LogP contribution < -0.4 is 0 Å². The second-order valence-corrected chi connectivity index (χ2v) is 5.70. The Morgan fingerprint density at radius 2 is 1.94 bits per heavy atom. The van der Waals surface area contributed by atoms with Gasteiger partial charge in [-0.15, -0.1) is 0 Å². The Morgan fingerprint density at radius 1 is 1.44 bits per heavy atom. The van der Waals surface area contributed by atoms with E-state index in [1.165, 1.54) is 0 Å². The second kappa shape index (κ2) is 4.86. The molecule has 0 spiro atoms. The normalized spacial score (nSPS) is 22.2. The van der Waals surface area contributed by atoms with Crippen molar-refractivity contribution in [2.45, 2.75) is 52.5 Å². The minimum atomic E-state index is -0.514. The highest BCUT2D eigenvalue weighted by atomic mass is 16.2. The van der Waals surface area contributed by atoms with Crippen molar-refractivity contribution in [2.24, 2.45) is 11.3 Å². The Balaban J connectivity index is 2.54. The van der Waals surface area contributed by atoms with Gasteiger partial charge in [0.15, 0.2) is 0 Å². The minimum absolute atomic E-state index is 0.0350. The van der Waals surface area contributed by atoms with Crippen LogP contribution in [0.1, 0.15) is 46.5 Å². The van der Waals surface area contributed by atoms with Crippen molar-refractivity contribution in [3.8, 4) is 6.07 Å². The maximum Gasteiger partial charge on any atom is 0.239 e. The van der Waals surface area contributed by atoms with E-state index in [1.807, 2.05) is 13.1 Å². The SMILES string of the molecule is CC(C#N)C(=O)N(C)C1CCC(C)(C)CC1. The van der Waals surface area contributed by atoms with E-state index in [2.05, 4.69) is 13.8 Å². The Kier molecular flexibility index (Phi) is 3.96. The molecule has 1 aliphatic rings. The van der Waals surface area contributed by atoms with E-state index < -0.39 is 5.92 Å². The van der Waals surface area contributed by atoms with Gasteiger partial charge in [0.1, 0.15) is 5.92 Å². The van der Waals surface area contributed by atoms with Gasteiger partial charge in [0.2, 0.25) is 5.91 Å². The molecule has 0 radical (unpaired) electrons. The van der Waals surface area contributed by atoms with Gasteiger partial charge in [0.25, 0.3) is 0 Å². The van der Waals surface area contributed by atoms with Crippen LogP contribution in [0.15, 0.2) is 0 Å². The van der Waals surface area contributed by atoms with Crippen molar-refractivity contribution in [1.82, 2.24) is 4.90 Å². The fourth-order valence-electron chi connectivity index (χ4n) is 2.31. The molecule has 1 atom stereocenters. The van der Waals surface area contributed by atoms with Crippen molar-refractivity contribution in [3.63, 3.8) is 0 Å². The van der Waals surface area contributed by atoms with Crippen LogP contribution in [0.2, 0.25) is 0 Å². The first kappa shape index (κ1) is 13.0. The third-order valence-corrected chi connectivity index (χ3v) is 3.77. The van der Waals surface area contributed by atoms with Gasteiger partial charge in [0.05, 0.1) is 6.07 Å². The van der Waals surface area contributed by atoms with E-state index in [1.54, 1.807) is 11.8 Å². The summed E-state index contributed by atoms with van der Waals surface area (Å²) in [6, 6.07) is 2.34. The van der Waals surface area contributed by atoms with E-state index in [0.29, 0.717) is 11.5 Å². The highest BCUT2D eigenvalue weighted by Crippen LogP contribution is 2.36. The molecule has 1 aliphatic carbocycles. The van der Waals surface area contributed by atoms with E-state index >= 15 is 0 Å². The molecule has 1 amide bonds. The van der Waals surface area contributed by atoms with E-state index in [0.717, 1.165) is 25.7 Å². The Hall–Kier alpha value is -1.04. The fourth-order valence-corrected chi connectivity index (χ4v) is 2.31. The molecule has 0 aromatic heterocycles. The average Bonchev–Trinajstić information content (AvgIpc) is 2.26. The maximum absolute atomic E-state index is 11.8. The standard InChI is InChI=1S/C13H22N2O/c1-10(9-14)12(16)15(4)11-5-7-13(2,3)8-6-11/h10-11H,5-8H2,1-4H3. The van der Waals surface area contributed by atoms with E-state index in [4.69, 9.17) is 5.26 Å². The summed E-state index contributed by atoms with van der Waals surface area (Å²) in [6.45, 7) is 6.23. The highest BCUT2D eigenvalue weighted by molar-refractivity contribution is 5.80. The van der Waals surface area contributed by atoms with Crippen molar-refractivity contribution < 1.29 is 4.79 Å². The van der Waals surface area contributed by atoms with Crippen LogP contribution in [-0.4, -0.2) is 23.9 Å². The Labute approximate surface area is 98.4 Å². The predicted molar refractivity (Wildman–Crippen MR) is 63.6 cm³/mol. The molecule has 1 saturated carbocycles. The van der Waals surface area contributed by atoms with Crippen LogP contribution in [0.5, 0.6) is 0 Å². The van der Waals surface area contributed by atoms with Gasteiger partial charge in [-0.05, 0) is 38.0 Å². The number of amides is 1. The summed E-state index contributed by atoms with van der Waals surface area (Å²) < 4.78 is 0. The van der Waals surface area contributed by atoms with Gasteiger partial charge in [-0.3, -0.25) is 4.79 Å². The summed E-state index contributed by atoms with van der Waals surface area (Å²) >= 11 is 0. The number of hydrogen-bond acceptors (Lipinski definition) is 2. The largest absolute Gasteiger partial charge is 0.342 e. The lowest BCUT2D eigenvalue weighted by molar-refractivity contribution is -0.135. The fraction of sp³-hybridized carbons (Fsp3) is 0.846. The molecule has 0 saturated heterocycles. The highest BCUT2D eigenvalue weighted by Gasteiger charge is 2.31. The monoisotopic (exact) mass is 222 g/mol. The number of carbonyl (C=O) groups is 1. The average molecular weight is 222 g/mol. The molecule has 3 heteroatoms. The molecular weight excluding hydrogens is 200 g/mol. The summed E-state index contributed by atoms with van der Waals surface area (Å²) in [4.78, 5) is 13.6. The lowest BCUT2D eigenvalue weighted by Gasteiger charge is -2.38.